The number of nitrogens with zero attached hydrogens (tertiary/aromatic N) is 2. The van der Waals surface area contributed by atoms with Gasteiger partial charge in [-0.15, -0.1) is 0 Å². The zero-order chi connectivity index (χ0) is 26.2. The first-order valence-electron chi connectivity index (χ1n) is 11.3. The number of ether oxygens (including phenoxy) is 1. The lowest BCUT2D eigenvalue weighted by Crippen LogP contribution is -2.44. The van der Waals surface area contributed by atoms with Gasteiger partial charge in [0.15, 0.2) is 0 Å². The van der Waals surface area contributed by atoms with E-state index in [2.05, 4.69) is 4.98 Å². The van der Waals surface area contributed by atoms with Crippen LogP contribution in [0.15, 0.2) is 6.07 Å². The van der Waals surface area contributed by atoms with E-state index < -0.39 is 64.5 Å². The lowest BCUT2D eigenvalue weighted by atomic mass is 9.83. The summed E-state index contributed by atoms with van der Waals surface area (Å²) in [7, 11) is 0. The third-order valence-corrected chi connectivity index (χ3v) is 6.71. The molecule has 1 aromatic heterocycles. The highest BCUT2D eigenvalue weighted by molar-refractivity contribution is 6.04. The summed E-state index contributed by atoms with van der Waals surface area (Å²) in [5.74, 6) is -3.42. The molecule has 2 aliphatic rings. The van der Waals surface area contributed by atoms with Crippen LogP contribution in [0, 0.1) is 16.2 Å². The van der Waals surface area contributed by atoms with Gasteiger partial charge < -0.3 is 15.4 Å². The molecule has 3 rings (SSSR count). The first kappa shape index (κ1) is 26.7. The van der Waals surface area contributed by atoms with Crippen molar-refractivity contribution in [1.29, 1.82) is 10.8 Å². The molecule has 2 bridgehead atoms. The molecule has 1 fully saturated rings. The fourth-order valence-corrected chi connectivity index (χ4v) is 4.48. The molecular weight excluding hydrogens is 480 g/mol. The Kier molecular flexibility index (Phi) is 7.37. The maximum Gasteiger partial charge on any atom is 0.418 e. The van der Waals surface area contributed by atoms with E-state index in [9.17, 15) is 31.1 Å². The Hall–Kier alpha value is -2.86. The first-order valence-corrected chi connectivity index (χ1v) is 11.3. The van der Waals surface area contributed by atoms with Gasteiger partial charge in [-0.25, -0.2) is 4.98 Å². The minimum absolute atomic E-state index is 0.0290. The van der Waals surface area contributed by atoms with E-state index >= 15 is 0 Å². The smallest absolute Gasteiger partial charge is 0.418 e. The number of aromatic nitrogens is 1. The van der Waals surface area contributed by atoms with Crippen molar-refractivity contribution in [3.05, 3.63) is 23.0 Å². The maximum absolute atomic E-state index is 13.9. The van der Waals surface area contributed by atoms with Crippen LogP contribution in [0.2, 0.25) is 0 Å². The van der Waals surface area contributed by atoms with E-state index in [1.54, 1.807) is 0 Å². The number of amides is 1. The van der Waals surface area contributed by atoms with Crippen molar-refractivity contribution in [2.45, 2.75) is 76.7 Å². The zero-order valence-corrected chi connectivity index (χ0v) is 19.1. The number of alkyl halides is 6. The molecule has 1 aliphatic carbocycles. The number of carbonyl (C=O) groups excluding carboxylic acids is 1. The number of nitrogens with two attached hydrogens (primary N) is 1. The molecule has 1 aromatic rings. The Morgan fingerprint density at radius 1 is 1.06 bits per heavy atom. The number of nitrogen functional groups attached to an aromatic ring is 1. The van der Waals surface area contributed by atoms with Crippen LogP contribution >= 0.6 is 0 Å². The second kappa shape index (κ2) is 9.65. The van der Waals surface area contributed by atoms with Crippen molar-refractivity contribution in [2.24, 2.45) is 5.41 Å². The molecule has 0 aromatic carbocycles. The number of fused-ring (bicyclic) bond motifs is 2. The number of pyridine rings is 1. The van der Waals surface area contributed by atoms with E-state index in [1.807, 2.05) is 0 Å². The fraction of sp³-hybridized carbons (Fsp3) is 0.636. The molecule has 35 heavy (non-hydrogen) atoms. The monoisotopic (exact) mass is 507 g/mol. The van der Waals surface area contributed by atoms with Crippen molar-refractivity contribution in [1.82, 2.24) is 9.88 Å². The number of hydrogen-bond acceptors (Lipinski definition) is 6. The van der Waals surface area contributed by atoms with Gasteiger partial charge in [0.2, 0.25) is 11.8 Å². The van der Waals surface area contributed by atoms with Crippen molar-refractivity contribution in [3.63, 3.8) is 0 Å². The zero-order valence-electron chi connectivity index (χ0n) is 19.1. The number of anilines is 1. The molecule has 0 unspecified atom stereocenters. The molecule has 1 amide bonds. The van der Waals surface area contributed by atoms with E-state index in [4.69, 9.17) is 21.3 Å². The minimum Gasteiger partial charge on any atom is -0.422 e. The topological polar surface area (TPSA) is 116 Å². The molecular formula is C22H27F6N5O2. The average Bonchev–Trinajstić information content (AvgIpc) is 3.27. The molecule has 7 nitrogen and oxygen atoms in total. The van der Waals surface area contributed by atoms with Gasteiger partial charge in [-0.2, -0.15) is 26.3 Å². The molecule has 13 heteroatoms. The Labute approximate surface area is 198 Å². The second-order valence-electron chi connectivity index (χ2n) is 9.16. The minimum atomic E-state index is -5.00. The SMILES string of the molecule is C[C@]1(C(F)(F)F)CCCCCN(C2CCCC2)C(=O)c2nc(c(N)cc2C(F)(F)F)C(=N)OC1=N. The summed E-state index contributed by atoms with van der Waals surface area (Å²) in [6.07, 6.45) is -7.05. The van der Waals surface area contributed by atoms with Crippen LogP contribution in [0.1, 0.15) is 80.0 Å². The molecule has 1 aliphatic heterocycles. The van der Waals surface area contributed by atoms with E-state index in [0.29, 0.717) is 18.9 Å². The Balaban J connectivity index is 2.14. The van der Waals surface area contributed by atoms with Gasteiger partial charge >= 0.3 is 12.4 Å². The first-order chi connectivity index (χ1) is 16.2. The molecule has 1 atom stereocenters. The number of halogens is 6. The average molecular weight is 507 g/mol. The van der Waals surface area contributed by atoms with Gasteiger partial charge in [-0.3, -0.25) is 15.6 Å². The van der Waals surface area contributed by atoms with Gasteiger partial charge in [0.1, 0.15) is 16.8 Å². The van der Waals surface area contributed by atoms with Gasteiger partial charge in [0.05, 0.1) is 11.3 Å². The van der Waals surface area contributed by atoms with Gasteiger partial charge in [-0.05, 0) is 38.7 Å². The number of rotatable bonds is 1. The predicted octanol–water partition coefficient (Wildman–Crippen LogP) is 5.53. The Morgan fingerprint density at radius 2 is 1.69 bits per heavy atom. The van der Waals surface area contributed by atoms with E-state index in [1.165, 1.54) is 4.90 Å². The quantitative estimate of drug-likeness (QED) is 0.434. The molecule has 0 radical (unpaired) electrons. The van der Waals surface area contributed by atoms with Crippen LogP contribution in [0.3, 0.4) is 0 Å². The predicted molar refractivity (Wildman–Crippen MR) is 115 cm³/mol. The summed E-state index contributed by atoms with van der Waals surface area (Å²) in [4.78, 5) is 18.4. The van der Waals surface area contributed by atoms with Gasteiger partial charge in [-0.1, -0.05) is 25.7 Å². The molecule has 0 saturated heterocycles. The number of carbonyl (C=O) groups is 1. The van der Waals surface area contributed by atoms with Crippen molar-refractivity contribution >= 4 is 23.4 Å². The third kappa shape index (κ3) is 5.37. The lowest BCUT2D eigenvalue weighted by Gasteiger charge is -2.33. The third-order valence-electron chi connectivity index (χ3n) is 6.71. The highest BCUT2D eigenvalue weighted by Crippen LogP contribution is 2.44. The second-order valence-corrected chi connectivity index (χ2v) is 9.16. The normalized spacial score (nSPS) is 23.9. The molecule has 4 N–H and O–H groups in total. The summed E-state index contributed by atoms with van der Waals surface area (Å²) in [5, 5.41) is 16.0. The fourth-order valence-electron chi connectivity index (χ4n) is 4.48. The van der Waals surface area contributed by atoms with Gasteiger partial charge in [0, 0.05) is 12.6 Å². The van der Waals surface area contributed by atoms with Crippen LogP contribution in [0.4, 0.5) is 32.0 Å². The molecule has 0 spiro atoms. The van der Waals surface area contributed by atoms with Crippen molar-refractivity contribution in [2.75, 3.05) is 12.3 Å². The molecule has 2 heterocycles. The Bertz CT molecular complexity index is 1000. The number of nitrogens with one attached hydrogen (secondary N) is 2. The summed E-state index contributed by atoms with van der Waals surface area (Å²) >= 11 is 0. The van der Waals surface area contributed by atoms with Crippen LogP contribution < -0.4 is 5.73 Å². The van der Waals surface area contributed by atoms with E-state index in [0.717, 1.165) is 19.8 Å². The highest BCUT2D eigenvalue weighted by Gasteiger charge is 2.55. The molecule has 1 saturated carbocycles. The summed E-state index contributed by atoms with van der Waals surface area (Å²) in [6.45, 7) is 0.827. The van der Waals surface area contributed by atoms with Crippen molar-refractivity contribution < 1.29 is 35.9 Å². The standard InChI is InChI=1S/C22H27F6N5O2/c1-20(22(26,27)28)9-5-2-6-10-33(12-7-3-4-8-12)18(34)15-13(21(23,24)25)11-14(29)16(32-15)17(30)35-19(20)31/h11-12,30-31H,2-10,29H2,1H3/t20-/m0/s1. The van der Waals surface area contributed by atoms with E-state index in [-0.39, 0.29) is 31.8 Å². The van der Waals surface area contributed by atoms with Crippen LogP contribution in [-0.2, 0) is 10.9 Å². The van der Waals surface area contributed by atoms with Crippen LogP contribution in [0.25, 0.3) is 0 Å². The van der Waals surface area contributed by atoms with Crippen LogP contribution in [0.5, 0.6) is 0 Å². The summed E-state index contributed by atoms with van der Waals surface area (Å²) in [6, 6.07) is 0.113. The molecule has 194 valence electrons. The Morgan fingerprint density at radius 3 is 2.26 bits per heavy atom. The van der Waals surface area contributed by atoms with Crippen LogP contribution in [-0.4, -0.2) is 46.3 Å². The van der Waals surface area contributed by atoms with Crippen molar-refractivity contribution in [3.8, 4) is 0 Å². The summed E-state index contributed by atoms with van der Waals surface area (Å²) in [5.41, 5.74) is -0.913. The lowest BCUT2D eigenvalue weighted by molar-refractivity contribution is -0.198. The highest BCUT2D eigenvalue weighted by atomic mass is 19.4. The van der Waals surface area contributed by atoms with Gasteiger partial charge in [0.25, 0.3) is 5.91 Å². The maximum atomic E-state index is 13.9. The largest absolute Gasteiger partial charge is 0.422 e. The number of hydrogen-bond donors (Lipinski definition) is 3. The summed E-state index contributed by atoms with van der Waals surface area (Å²) < 4.78 is 87.9.